The summed E-state index contributed by atoms with van der Waals surface area (Å²) in [5, 5.41) is 19.8. The molecule has 5 atom stereocenters. The average Bonchev–Trinajstić information content (AvgIpc) is 2.50. The molecule has 94 valence electrons. The minimum atomic E-state index is -0.978. The largest absolute Gasteiger partial charge is 0.388 e. The second-order valence-corrected chi connectivity index (χ2v) is 4.56. The van der Waals surface area contributed by atoms with E-state index in [1.165, 1.54) is 7.11 Å². The molecule has 2 saturated heterocycles. The zero-order valence-electron chi connectivity index (χ0n) is 9.62. The molecule has 2 heterocycles. The highest BCUT2D eigenvalue weighted by molar-refractivity contribution is 4.94. The monoisotopic (exact) mass is 234 g/mol. The first-order valence-corrected chi connectivity index (χ1v) is 5.31. The van der Waals surface area contributed by atoms with Crippen molar-refractivity contribution in [3.8, 4) is 0 Å². The molecule has 2 rings (SSSR count). The van der Waals surface area contributed by atoms with E-state index < -0.39 is 36.5 Å². The smallest absolute Gasteiger partial charge is 0.185 e. The number of rotatable bonds is 1. The van der Waals surface area contributed by atoms with Crippen LogP contribution in [-0.2, 0) is 18.9 Å². The Hall–Kier alpha value is -0.240. The fraction of sp³-hybridized carbons (Fsp3) is 1.00. The SMILES string of the molecule is CO[C@H]1OC[C@@H](O)[C@H]2OC(C)(C)OC2C1O. The van der Waals surface area contributed by atoms with Crippen LogP contribution in [-0.4, -0.2) is 60.4 Å². The molecule has 6 heteroatoms. The second kappa shape index (κ2) is 4.21. The summed E-state index contributed by atoms with van der Waals surface area (Å²) in [5.74, 6) is -0.813. The predicted molar refractivity (Wildman–Crippen MR) is 52.6 cm³/mol. The maximum atomic E-state index is 10.0. The molecular formula is C10H18O6. The Morgan fingerprint density at radius 3 is 2.44 bits per heavy atom. The van der Waals surface area contributed by atoms with Gasteiger partial charge in [0.1, 0.15) is 24.4 Å². The molecule has 2 unspecified atom stereocenters. The number of ether oxygens (including phenoxy) is 4. The topological polar surface area (TPSA) is 77.4 Å². The normalized spacial score (nSPS) is 47.4. The molecule has 2 N–H and O–H groups in total. The van der Waals surface area contributed by atoms with Crippen LogP contribution in [0, 0.1) is 0 Å². The molecule has 0 aromatic heterocycles. The van der Waals surface area contributed by atoms with Crippen LogP contribution in [0.5, 0.6) is 0 Å². The van der Waals surface area contributed by atoms with Crippen molar-refractivity contribution in [2.75, 3.05) is 13.7 Å². The van der Waals surface area contributed by atoms with Gasteiger partial charge in [0, 0.05) is 7.11 Å². The predicted octanol–water partition coefficient (Wildman–Crippen LogP) is -0.769. The van der Waals surface area contributed by atoms with E-state index in [2.05, 4.69) is 0 Å². The van der Waals surface area contributed by atoms with Gasteiger partial charge in [0.05, 0.1) is 6.61 Å². The number of aliphatic hydroxyl groups excluding tert-OH is 2. The van der Waals surface area contributed by atoms with Gasteiger partial charge in [-0.15, -0.1) is 0 Å². The number of fused-ring (bicyclic) bond motifs is 1. The van der Waals surface area contributed by atoms with Gasteiger partial charge in [-0.05, 0) is 13.8 Å². The van der Waals surface area contributed by atoms with Gasteiger partial charge in [0.15, 0.2) is 12.1 Å². The zero-order valence-corrected chi connectivity index (χ0v) is 9.62. The Morgan fingerprint density at radius 2 is 1.81 bits per heavy atom. The van der Waals surface area contributed by atoms with E-state index in [1.807, 2.05) is 0 Å². The number of methoxy groups -OCH3 is 1. The van der Waals surface area contributed by atoms with Gasteiger partial charge >= 0.3 is 0 Å². The zero-order chi connectivity index (χ0) is 11.9. The highest BCUT2D eigenvalue weighted by Gasteiger charge is 2.52. The van der Waals surface area contributed by atoms with E-state index in [0.717, 1.165) is 0 Å². The summed E-state index contributed by atoms with van der Waals surface area (Å²) in [5.41, 5.74) is 0. The minimum absolute atomic E-state index is 0.0518. The van der Waals surface area contributed by atoms with Gasteiger partial charge in [-0.3, -0.25) is 0 Å². The van der Waals surface area contributed by atoms with E-state index in [9.17, 15) is 10.2 Å². The van der Waals surface area contributed by atoms with Gasteiger partial charge in [0.2, 0.25) is 0 Å². The maximum absolute atomic E-state index is 10.0. The van der Waals surface area contributed by atoms with Crippen LogP contribution >= 0.6 is 0 Å². The Bertz CT molecular complexity index is 256. The summed E-state index contributed by atoms with van der Waals surface area (Å²) in [6.07, 6.45) is -3.85. The third kappa shape index (κ3) is 2.09. The lowest BCUT2D eigenvalue weighted by Gasteiger charge is -2.24. The molecule has 2 aliphatic heterocycles. The highest BCUT2D eigenvalue weighted by atomic mass is 16.8. The molecule has 2 aliphatic rings. The van der Waals surface area contributed by atoms with E-state index >= 15 is 0 Å². The standard InChI is InChI=1S/C10H18O6/c1-10(2)15-7-5(11)4-14-9(13-3)6(12)8(7)16-10/h5-9,11-12H,4H2,1-3H3/t5-,6?,7-,8?,9+/m1/s1. The lowest BCUT2D eigenvalue weighted by Crippen LogP contribution is -2.44. The molecule has 0 aromatic rings. The van der Waals surface area contributed by atoms with Crippen molar-refractivity contribution in [2.24, 2.45) is 0 Å². The fourth-order valence-corrected chi connectivity index (χ4v) is 2.13. The van der Waals surface area contributed by atoms with E-state index in [4.69, 9.17) is 18.9 Å². The molecule has 0 aliphatic carbocycles. The summed E-state index contributed by atoms with van der Waals surface area (Å²) in [6.45, 7) is 3.53. The van der Waals surface area contributed by atoms with Crippen molar-refractivity contribution in [3.63, 3.8) is 0 Å². The van der Waals surface area contributed by atoms with Gasteiger partial charge in [-0.25, -0.2) is 0 Å². The summed E-state index contributed by atoms with van der Waals surface area (Å²) in [6, 6.07) is 0. The van der Waals surface area contributed by atoms with Crippen molar-refractivity contribution < 1.29 is 29.2 Å². The van der Waals surface area contributed by atoms with Crippen LogP contribution in [0.2, 0.25) is 0 Å². The molecule has 0 amide bonds. The lowest BCUT2D eigenvalue weighted by molar-refractivity contribution is -0.222. The van der Waals surface area contributed by atoms with Crippen LogP contribution in [0.4, 0.5) is 0 Å². The van der Waals surface area contributed by atoms with Gasteiger partial charge < -0.3 is 29.2 Å². The first kappa shape index (κ1) is 12.2. The summed E-state index contributed by atoms with van der Waals surface area (Å²) >= 11 is 0. The fourth-order valence-electron chi connectivity index (χ4n) is 2.13. The van der Waals surface area contributed by atoms with Crippen molar-refractivity contribution in [2.45, 2.75) is 50.3 Å². The highest BCUT2D eigenvalue weighted by Crippen LogP contribution is 2.34. The molecule has 0 bridgehead atoms. The number of hydrogen-bond acceptors (Lipinski definition) is 6. The van der Waals surface area contributed by atoms with Gasteiger partial charge in [-0.1, -0.05) is 0 Å². The van der Waals surface area contributed by atoms with Crippen molar-refractivity contribution >= 4 is 0 Å². The summed E-state index contributed by atoms with van der Waals surface area (Å²) in [4.78, 5) is 0. The Morgan fingerprint density at radius 1 is 1.19 bits per heavy atom. The molecule has 0 saturated carbocycles. The van der Waals surface area contributed by atoms with Crippen molar-refractivity contribution in [3.05, 3.63) is 0 Å². The number of aliphatic hydroxyl groups is 2. The minimum Gasteiger partial charge on any atom is -0.388 e. The molecule has 16 heavy (non-hydrogen) atoms. The molecule has 0 aromatic carbocycles. The Balaban J connectivity index is 2.19. The summed E-state index contributed by atoms with van der Waals surface area (Å²) in [7, 11) is 1.43. The summed E-state index contributed by atoms with van der Waals surface area (Å²) < 4.78 is 21.3. The lowest BCUT2D eigenvalue weighted by atomic mass is 10.0. The van der Waals surface area contributed by atoms with Crippen LogP contribution in [0.25, 0.3) is 0 Å². The van der Waals surface area contributed by atoms with Crippen LogP contribution in [0.3, 0.4) is 0 Å². The van der Waals surface area contributed by atoms with Crippen molar-refractivity contribution in [1.82, 2.24) is 0 Å². The first-order chi connectivity index (χ1) is 7.44. The van der Waals surface area contributed by atoms with E-state index in [0.29, 0.717) is 0 Å². The molecule has 2 fully saturated rings. The third-order valence-corrected chi connectivity index (χ3v) is 2.82. The van der Waals surface area contributed by atoms with E-state index in [1.54, 1.807) is 13.8 Å². The second-order valence-electron chi connectivity index (χ2n) is 4.56. The maximum Gasteiger partial charge on any atom is 0.185 e. The molecular weight excluding hydrogens is 216 g/mol. The molecule has 0 spiro atoms. The quantitative estimate of drug-likeness (QED) is 0.620. The first-order valence-electron chi connectivity index (χ1n) is 5.31. The molecule has 6 nitrogen and oxygen atoms in total. The van der Waals surface area contributed by atoms with Crippen molar-refractivity contribution in [1.29, 1.82) is 0 Å². The van der Waals surface area contributed by atoms with Gasteiger partial charge in [0.25, 0.3) is 0 Å². The van der Waals surface area contributed by atoms with Crippen LogP contribution < -0.4 is 0 Å². The third-order valence-electron chi connectivity index (χ3n) is 2.82. The van der Waals surface area contributed by atoms with Gasteiger partial charge in [-0.2, -0.15) is 0 Å². The van der Waals surface area contributed by atoms with Crippen LogP contribution in [0.15, 0.2) is 0 Å². The Kier molecular flexibility index (Phi) is 3.22. The molecule has 0 radical (unpaired) electrons. The van der Waals surface area contributed by atoms with Crippen LogP contribution in [0.1, 0.15) is 13.8 Å². The average molecular weight is 234 g/mol. The van der Waals surface area contributed by atoms with E-state index in [-0.39, 0.29) is 6.61 Å². The Labute approximate surface area is 94.1 Å². The number of hydrogen-bond donors (Lipinski definition) is 2.